The van der Waals surface area contributed by atoms with Crippen LogP contribution >= 0.6 is 11.8 Å². The van der Waals surface area contributed by atoms with Crippen LogP contribution < -0.4 is 5.73 Å². The molecule has 2 atom stereocenters. The van der Waals surface area contributed by atoms with Crippen LogP contribution in [0.4, 0.5) is 0 Å². The summed E-state index contributed by atoms with van der Waals surface area (Å²) in [6, 6.07) is 0. The van der Waals surface area contributed by atoms with Gasteiger partial charge in [0, 0.05) is 41.4 Å². The number of hydrogen-bond acceptors (Lipinski definition) is 5. The summed E-state index contributed by atoms with van der Waals surface area (Å²) < 4.78 is 26.8. The number of nitrogens with two attached hydrogens (primary N) is 1. The minimum Gasteiger partial charge on any atom is -0.326 e. The maximum absolute atomic E-state index is 12.6. The number of sulfonamides is 1. The Labute approximate surface area is 118 Å². The Bertz CT molecular complexity index is 545. The highest BCUT2D eigenvalue weighted by Crippen LogP contribution is 2.29. The molecule has 2 heterocycles. The van der Waals surface area contributed by atoms with E-state index in [2.05, 4.69) is 10.2 Å². The fraction of sp³-hybridized carbons (Fsp3) is 0.727. The Balaban J connectivity index is 2.36. The van der Waals surface area contributed by atoms with E-state index >= 15 is 0 Å². The molecule has 0 saturated carbocycles. The summed E-state index contributed by atoms with van der Waals surface area (Å²) in [4.78, 5) is 0. The van der Waals surface area contributed by atoms with Gasteiger partial charge in [0.25, 0.3) is 10.0 Å². The number of aryl methyl sites for hydroxylation is 1. The van der Waals surface area contributed by atoms with Crippen molar-refractivity contribution in [3.05, 3.63) is 11.3 Å². The van der Waals surface area contributed by atoms with Crippen molar-refractivity contribution in [2.45, 2.75) is 42.8 Å². The summed E-state index contributed by atoms with van der Waals surface area (Å²) >= 11 is 1.81. The summed E-state index contributed by atoms with van der Waals surface area (Å²) in [5, 5.41) is 7.32. The molecule has 108 valence electrons. The van der Waals surface area contributed by atoms with Crippen LogP contribution in [0.15, 0.2) is 5.03 Å². The van der Waals surface area contributed by atoms with Crippen LogP contribution in [0.5, 0.6) is 0 Å². The first kappa shape index (κ1) is 14.8. The number of hydrogen-bond donors (Lipinski definition) is 2. The summed E-state index contributed by atoms with van der Waals surface area (Å²) in [7, 11) is -3.55. The molecule has 19 heavy (non-hydrogen) atoms. The molecule has 1 aromatic heterocycles. The first-order valence-electron chi connectivity index (χ1n) is 6.25. The lowest BCUT2D eigenvalue weighted by molar-refractivity contribution is 0.402. The van der Waals surface area contributed by atoms with Gasteiger partial charge >= 0.3 is 0 Å². The first-order chi connectivity index (χ1) is 8.86. The molecule has 6 nitrogen and oxygen atoms in total. The van der Waals surface area contributed by atoms with Crippen molar-refractivity contribution < 1.29 is 8.42 Å². The van der Waals surface area contributed by atoms with E-state index in [1.165, 1.54) is 4.31 Å². The van der Waals surface area contributed by atoms with E-state index < -0.39 is 10.0 Å². The zero-order valence-electron chi connectivity index (χ0n) is 11.4. The molecule has 2 rings (SSSR count). The third-order valence-corrected chi connectivity index (χ3v) is 6.24. The summed E-state index contributed by atoms with van der Waals surface area (Å²) in [6.45, 7) is 7.08. The second kappa shape index (κ2) is 5.43. The average Bonchev–Trinajstić information content (AvgIpc) is 2.69. The van der Waals surface area contributed by atoms with Gasteiger partial charge in [-0.3, -0.25) is 5.10 Å². The third-order valence-electron chi connectivity index (χ3n) is 3.21. The van der Waals surface area contributed by atoms with Gasteiger partial charge in [0.2, 0.25) is 0 Å². The highest BCUT2D eigenvalue weighted by atomic mass is 32.2. The van der Waals surface area contributed by atoms with Gasteiger partial charge in [0.1, 0.15) is 0 Å². The van der Waals surface area contributed by atoms with Gasteiger partial charge in [-0.25, -0.2) is 8.42 Å². The van der Waals surface area contributed by atoms with Crippen LogP contribution in [-0.2, 0) is 16.6 Å². The second-order valence-corrected chi connectivity index (χ2v) is 8.65. The average molecular weight is 304 g/mol. The van der Waals surface area contributed by atoms with Crippen molar-refractivity contribution in [1.82, 2.24) is 14.5 Å². The number of aromatic nitrogens is 2. The molecular formula is C11H20N4O2S2. The molecule has 0 radical (unpaired) electrons. The number of rotatable bonds is 3. The molecule has 1 fully saturated rings. The SMILES string of the molecule is Cc1[nH]nc(S(=O)(=O)N2CC(C)SC(C)C2)c1CN. The fourth-order valence-electron chi connectivity index (χ4n) is 2.33. The van der Waals surface area contributed by atoms with Crippen LogP contribution in [0.3, 0.4) is 0 Å². The largest absolute Gasteiger partial charge is 0.326 e. The molecule has 2 unspecified atom stereocenters. The van der Waals surface area contributed by atoms with Gasteiger partial charge in [0.15, 0.2) is 5.03 Å². The quantitative estimate of drug-likeness (QED) is 0.857. The van der Waals surface area contributed by atoms with Crippen molar-refractivity contribution in [3.8, 4) is 0 Å². The van der Waals surface area contributed by atoms with Crippen molar-refractivity contribution in [1.29, 1.82) is 0 Å². The summed E-state index contributed by atoms with van der Waals surface area (Å²) in [5.74, 6) is 0. The highest BCUT2D eigenvalue weighted by Gasteiger charge is 2.35. The maximum Gasteiger partial charge on any atom is 0.262 e. The Kier molecular flexibility index (Phi) is 4.24. The zero-order valence-corrected chi connectivity index (χ0v) is 13.0. The summed E-state index contributed by atoms with van der Waals surface area (Å²) in [6.07, 6.45) is 0. The first-order valence-corrected chi connectivity index (χ1v) is 8.64. The zero-order chi connectivity index (χ0) is 14.2. The number of H-pyrrole nitrogens is 1. The molecule has 0 bridgehead atoms. The van der Waals surface area contributed by atoms with Crippen LogP contribution in [0.1, 0.15) is 25.1 Å². The van der Waals surface area contributed by atoms with Gasteiger partial charge in [-0.1, -0.05) is 13.8 Å². The Morgan fingerprint density at radius 1 is 1.42 bits per heavy atom. The van der Waals surface area contributed by atoms with Gasteiger partial charge < -0.3 is 5.73 Å². The normalized spacial score (nSPS) is 25.7. The van der Waals surface area contributed by atoms with E-state index in [0.29, 0.717) is 34.8 Å². The minimum atomic E-state index is -3.55. The van der Waals surface area contributed by atoms with Crippen molar-refractivity contribution >= 4 is 21.8 Å². The molecule has 8 heteroatoms. The predicted octanol–water partition coefficient (Wildman–Crippen LogP) is 0.691. The van der Waals surface area contributed by atoms with Crippen molar-refractivity contribution in [2.24, 2.45) is 5.73 Å². The van der Waals surface area contributed by atoms with Crippen LogP contribution in [0, 0.1) is 6.92 Å². The predicted molar refractivity (Wildman–Crippen MR) is 76.5 cm³/mol. The Morgan fingerprint density at radius 3 is 2.53 bits per heavy atom. The van der Waals surface area contributed by atoms with Gasteiger partial charge in [-0.2, -0.15) is 21.2 Å². The van der Waals surface area contributed by atoms with Gasteiger partial charge in [0.05, 0.1) is 0 Å². The summed E-state index contributed by atoms with van der Waals surface area (Å²) in [5.41, 5.74) is 6.93. The van der Waals surface area contributed by atoms with E-state index in [0.717, 1.165) is 0 Å². The molecule has 3 N–H and O–H groups in total. The minimum absolute atomic E-state index is 0.0822. The maximum atomic E-state index is 12.6. The van der Waals surface area contributed by atoms with E-state index in [9.17, 15) is 8.42 Å². The molecule has 1 aliphatic heterocycles. The topological polar surface area (TPSA) is 92.1 Å². The van der Waals surface area contributed by atoms with Gasteiger partial charge in [-0.15, -0.1) is 0 Å². The van der Waals surface area contributed by atoms with Crippen molar-refractivity contribution in [2.75, 3.05) is 13.1 Å². The number of nitrogens with zero attached hydrogens (tertiary/aromatic N) is 2. The van der Waals surface area contributed by atoms with Crippen LogP contribution in [-0.4, -0.2) is 46.5 Å². The second-order valence-electron chi connectivity index (χ2n) is 4.92. The van der Waals surface area contributed by atoms with Crippen LogP contribution in [0.2, 0.25) is 0 Å². The molecule has 1 aliphatic rings. The number of aromatic amines is 1. The lowest BCUT2D eigenvalue weighted by atomic mass is 10.3. The fourth-order valence-corrected chi connectivity index (χ4v) is 5.64. The lowest BCUT2D eigenvalue weighted by Crippen LogP contribution is -2.44. The lowest BCUT2D eigenvalue weighted by Gasteiger charge is -2.33. The molecule has 1 aromatic rings. The third kappa shape index (κ3) is 2.81. The molecule has 0 spiro atoms. The smallest absolute Gasteiger partial charge is 0.262 e. The Hall–Kier alpha value is -0.570. The van der Waals surface area contributed by atoms with Crippen molar-refractivity contribution in [3.63, 3.8) is 0 Å². The van der Waals surface area contributed by atoms with Gasteiger partial charge in [-0.05, 0) is 6.92 Å². The number of nitrogens with one attached hydrogen (secondary N) is 1. The number of thioether (sulfide) groups is 1. The molecule has 0 aromatic carbocycles. The van der Waals surface area contributed by atoms with E-state index in [-0.39, 0.29) is 11.6 Å². The highest BCUT2D eigenvalue weighted by molar-refractivity contribution is 8.00. The molecule has 0 amide bonds. The monoisotopic (exact) mass is 304 g/mol. The standard InChI is InChI=1S/C11H20N4O2S2/c1-7-5-15(6-8(2)18-7)19(16,17)11-10(4-12)9(3)13-14-11/h7-8H,4-6,12H2,1-3H3,(H,13,14). The molecule has 1 saturated heterocycles. The van der Waals surface area contributed by atoms with E-state index in [1.54, 1.807) is 6.92 Å². The van der Waals surface area contributed by atoms with E-state index in [4.69, 9.17) is 5.73 Å². The van der Waals surface area contributed by atoms with Crippen LogP contribution in [0.25, 0.3) is 0 Å². The van der Waals surface area contributed by atoms with E-state index in [1.807, 2.05) is 25.6 Å². The molecule has 0 aliphatic carbocycles. The Morgan fingerprint density at radius 2 is 2.00 bits per heavy atom. The molecular weight excluding hydrogens is 284 g/mol.